The molecule has 0 saturated heterocycles. The third-order valence-electron chi connectivity index (χ3n) is 3.06. The van der Waals surface area contributed by atoms with Crippen molar-refractivity contribution in [3.63, 3.8) is 0 Å². The number of fused-ring (bicyclic) bond motifs is 1. The van der Waals surface area contributed by atoms with E-state index in [-0.39, 0.29) is 0 Å². The molecule has 2 heteroatoms. The minimum atomic E-state index is 0.838. The van der Waals surface area contributed by atoms with Gasteiger partial charge in [0, 0.05) is 6.42 Å². The van der Waals surface area contributed by atoms with Gasteiger partial charge < -0.3 is 0 Å². The Morgan fingerprint density at radius 2 is 1.39 bits per heavy atom. The number of aryl methyl sites for hydroxylation is 1. The van der Waals surface area contributed by atoms with E-state index >= 15 is 0 Å². The van der Waals surface area contributed by atoms with Crippen LogP contribution in [0.3, 0.4) is 0 Å². The summed E-state index contributed by atoms with van der Waals surface area (Å²) >= 11 is 0. The molecule has 0 aliphatic heterocycles. The number of nitrogens with zero attached hydrogens (tertiary/aromatic N) is 2. The zero-order chi connectivity index (χ0) is 12.4. The van der Waals surface area contributed by atoms with Crippen molar-refractivity contribution >= 4 is 11.0 Å². The summed E-state index contributed by atoms with van der Waals surface area (Å²) in [6.45, 7) is 2.03. The average Bonchev–Trinajstić information content (AvgIpc) is 2.41. The highest BCUT2D eigenvalue weighted by molar-refractivity contribution is 5.74. The molecule has 3 aromatic rings. The number of aromatic nitrogens is 2. The van der Waals surface area contributed by atoms with E-state index < -0.39 is 0 Å². The first-order chi connectivity index (χ1) is 8.83. The Hall–Kier alpha value is -2.22. The Morgan fingerprint density at radius 3 is 2.11 bits per heavy atom. The highest BCUT2D eigenvalue weighted by Crippen LogP contribution is 2.15. The van der Waals surface area contributed by atoms with E-state index in [2.05, 4.69) is 29.2 Å². The van der Waals surface area contributed by atoms with Crippen molar-refractivity contribution < 1.29 is 0 Å². The number of hydrogen-bond acceptors (Lipinski definition) is 2. The van der Waals surface area contributed by atoms with Gasteiger partial charge in [-0.1, -0.05) is 42.5 Å². The maximum absolute atomic E-state index is 4.71. The highest BCUT2D eigenvalue weighted by atomic mass is 14.8. The number of rotatable bonds is 2. The van der Waals surface area contributed by atoms with Crippen LogP contribution in [0.2, 0.25) is 0 Å². The van der Waals surface area contributed by atoms with E-state index in [1.54, 1.807) is 0 Å². The summed E-state index contributed by atoms with van der Waals surface area (Å²) in [5, 5.41) is 0. The summed E-state index contributed by atoms with van der Waals surface area (Å²) in [4.78, 5) is 9.32. The molecule has 0 amide bonds. The predicted octanol–water partition coefficient (Wildman–Crippen LogP) is 3.53. The molecule has 0 saturated carbocycles. The molecule has 1 heterocycles. The maximum Gasteiger partial charge on any atom is 0.0890 e. The molecule has 88 valence electrons. The standard InChI is InChI=1S/C16H14N2/c1-12-16(11-13-7-3-2-4-8-13)18-15-10-6-5-9-14(15)17-12/h2-10H,11H2,1H3. The normalized spacial score (nSPS) is 10.7. The minimum absolute atomic E-state index is 0.838. The van der Waals surface area contributed by atoms with Crippen LogP contribution < -0.4 is 0 Å². The van der Waals surface area contributed by atoms with Crippen molar-refractivity contribution in [2.75, 3.05) is 0 Å². The second-order valence-corrected chi connectivity index (χ2v) is 4.41. The van der Waals surface area contributed by atoms with E-state index in [4.69, 9.17) is 4.98 Å². The molecule has 0 N–H and O–H groups in total. The molecule has 0 fully saturated rings. The van der Waals surface area contributed by atoms with Gasteiger partial charge in [0.15, 0.2) is 0 Å². The Labute approximate surface area is 106 Å². The van der Waals surface area contributed by atoms with Crippen LogP contribution in [0.25, 0.3) is 11.0 Å². The van der Waals surface area contributed by atoms with Crippen LogP contribution in [-0.2, 0) is 6.42 Å². The Morgan fingerprint density at radius 1 is 0.778 bits per heavy atom. The summed E-state index contributed by atoms with van der Waals surface area (Å²) in [7, 11) is 0. The predicted molar refractivity (Wildman–Crippen MR) is 73.5 cm³/mol. The van der Waals surface area contributed by atoms with Crippen LogP contribution in [0.5, 0.6) is 0 Å². The second kappa shape index (κ2) is 4.57. The van der Waals surface area contributed by atoms with Crippen molar-refractivity contribution in [2.24, 2.45) is 0 Å². The second-order valence-electron chi connectivity index (χ2n) is 4.41. The van der Waals surface area contributed by atoms with Crippen LogP contribution in [-0.4, -0.2) is 9.97 Å². The molecule has 0 aliphatic carbocycles. The van der Waals surface area contributed by atoms with E-state index in [0.29, 0.717) is 0 Å². The summed E-state index contributed by atoms with van der Waals surface area (Å²) in [5.41, 5.74) is 5.27. The van der Waals surface area contributed by atoms with Gasteiger partial charge in [-0.05, 0) is 24.6 Å². The fourth-order valence-electron chi connectivity index (χ4n) is 2.08. The number of para-hydroxylation sites is 2. The van der Waals surface area contributed by atoms with E-state index in [9.17, 15) is 0 Å². The molecule has 18 heavy (non-hydrogen) atoms. The lowest BCUT2D eigenvalue weighted by atomic mass is 10.1. The van der Waals surface area contributed by atoms with Gasteiger partial charge in [0.05, 0.1) is 22.4 Å². The van der Waals surface area contributed by atoms with Gasteiger partial charge in [0.1, 0.15) is 0 Å². The first kappa shape index (κ1) is 10.9. The third kappa shape index (κ3) is 2.09. The van der Waals surface area contributed by atoms with E-state index in [0.717, 1.165) is 28.8 Å². The van der Waals surface area contributed by atoms with Crippen molar-refractivity contribution in [3.05, 3.63) is 71.5 Å². The molecule has 0 radical (unpaired) electrons. The topological polar surface area (TPSA) is 25.8 Å². The Kier molecular flexibility index (Phi) is 2.77. The van der Waals surface area contributed by atoms with E-state index in [1.807, 2.05) is 37.3 Å². The molecular weight excluding hydrogens is 220 g/mol. The van der Waals surface area contributed by atoms with Crippen LogP contribution >= 0.6 is 0 Å². The van der Waals surface area contributed by atoms with Gasteiger partial charge in [-0.2, -0.15) is 0 Å². The monoisotopic (exact) mass is 234 g/mol. The molecule has 2 nitrogen and oxygen atoms in total. The van der Waals surface area contributed by atoms with Gasteiger partial charge in [0.2, 0.25) is 0 Å². The lowest BCUT2D eigenvalue weighted by Crippen LogP contribution is -1.99. The first-order valence-corrected chi connectivity index (χ1v) is 6.09. The van der Waals surface area contributed by atoms with Gasteiger partial charge in [-0.15, -0.1) is 0 Å². The fourth-order valence-corrected chi connectivity index (χ4v) is 2.08. The minimum Gasteiger partial charge on any atom is -0.250 e. The fraction of sp³-hybridized carbons (Fsp3) is 0.125. The van der Waals surface area contributed by atoms with Gasteiger partial charge >= 0.3 is 0 Å². The lowest BCUT2D eigenvalue weighted by molar-refractivity contribution is 1.02. The molecule has 0 bridgehead atoms. The largest absolute Gasteiger partial charge is 0.250 e. The third-order valence-corrected chi connectivity index (χ3v) is 3.06. The molecular formula is C16H14N2. The SMILES string of the molecule is Cc1nc2ccccc2nc1Cc1ccccc1. The summed E-state index contributed by atoms with van der Waals surface area (Å²) < 4.78 is 0. The van der Waals surface area contributed by atoms with Crippen molar-refractivity contribution in [3.8, 4) is 0 Å². The lowest BCUT2D eigenvalue weighted by Gasteiger charge is -2.06. The quantitative estimate of drug-likeness (QED) is 0.678. The molecule has 2 aromatic carbocycles. The summed E-state index contributed by atoms with van der Waals surface area (Å²) in [6.07, 6.45) is 0.838. The number of hydrogen-bond donors (Lipinski definition) is 0. The van der Waals surface area contributed by atoms with Crippen LogP contribution in [0, 0.1) is 6.92 Å². The van der Waals surface area contributed by atoms with Crippen LogP contribution in [0.1, 0.15) is 17.0 Å². The van der Waals surface area contributed by atoms with Gasteiger partial charge in [-0.3, -0.25) is 0 Å². The molecule has 0 spiro atoms. The zero-order valence-electron chi connectivity index (χ0n) is 10.3. The smallest absolute Gasteiger partial charge is 0.0890 e. The molecule has 0 unspecified atom stereocenters. The number of benzene rings is 2. The van der Waals surface area contributed by atoms with Crippen LogP contribution in [0.15, 0.2) is 54.6 Å². The zero-order valence-corrected chi connectivity index (χ0v) is 10.3. The highest BCUT2D eigenvalue weighted by Gasteiger charge is 2.05. The Balaban J connectivity index is 2.04. The maximum atomic E-state index is 4.71. The molecule has 0 atom stereocenters. The first-order valence-electron chi connectivity index (χ1n) is 6.09. The molecule has 0 aliphatic rings. The average molecular weight is 234 g/mol. The van der Waals surface area contributed by atoms with Gasteiger partial charge in [-0.25, -0.2) is 9.97 Å². The Bertz CT molecular complexity index is 675. The summed E-state index contributed by atoms with van der Waals surface area (Å²) in [6, 6.07) is 18.4. The van der Waals surface area contributed by atoms with Crippen molar-refractivity contribution in [1.29, 1.82) is 0 Å². The van der Waals surface area contributed by atoms with Crippen molar-refractivity contribution in [2.45, 2.75) is 13.3 Å². The van der Waals surface area contributed by atoms with Crippen LogP contribution in [0.4, 0.5) is 0 Å². The van der Waals surface area contributed by atoms with E-state index in [1.165, 1.54) is 5.56 Å². The van der Waals surface area contributed by atoms with Gasteiger partial charge in [0.25, 0.3) is 0 Å². The molecule has 3 rings (SSSR count). The van der Waals surface area contributed by atoms with Crippen molar-refractivity contribution in [1.82, 2.24) is 9.97 Å². The summed E-state index contributed by atoms with van der Waals surface area (Å²) in [5.74, 6) is 0. The molecule has 1 aromatic heterocycles.